The van der Waals surface area contributed by atoms with E-state index in [1.165, 1.54) is 0 Å². The van der Waals surface area contributed by atoms with E-state index >= 15 is 0 Å². The lowest BCUT2D eigenvalue weighted by atomic mass is 9.90. The van der Waals surface area contributed by atoms with Gasteiger partial charge in [-0.3, -0.25) is 4.79 Å². The van der Waals surface area contributed by atoms with Crippen molar-refractivity contribution in [1.29, 1.82) is 0 Å². The van der Waals surface area contributed by atoms with Gasteiger partial charge in [0.1, 0.15) is 5.92 Å². The summed E-state index contributed by atoms with van der Waals surface area (Å²) in [5.74, 6) is -0.804. The van der Waals surface area contributed by atoms with Crippen LogP contribution in [0.3, 0.4) is 0 Å². The average Bonchev–Trinajstić information content (AvgIpc) is 2.86. The molecule has 2 rings (SSSR count). The van der Waals surface area contributed by atoms with Gasteiger partial charge in [0.05, 0.1) is 6.10 Å². The van der Waals surface area contributed by atoms with Gasteiger partial charge in [-0.2, -0.15) is 0 Å². The van der Waals surface area contributed by atoms with Gasteiger partial charge >= 0.3 is 5.97 Å². The van der Waals surface area contributed by atoms with Crippen molar-refractivity contribution in [1.82, 2.24) is 0 Å². The van der Waals surface area contributed by atoms with E-state index in [0.29, 0.717) is 23.5 Å². The van der Waals surface area contributed by atoms with Gasteiger partial charge in [0, 0.05) is 0 Å². The first-order valence-corrected chi connectivity index (χ1v) is 6.94. The molecule has 1 aliphatic rings. The summed E-state index contributed by atoms with van der Waals surface area (Å²) in [5, 5.41) is 19.5. The molecule has 0 radical (unpaired) electrons. The van der Waals surface area contributed by atoms with Crippen LogP contribution in [0.1, 0.15) is 44.1 Å². The summed E-state index contributed by atoms with van der Waals surface area (Å²) in [6, 6.07) is 5.01. The molecule has 1 aromatic carbocycles. The van der Waals surface area contributed by atoms with E-state index in [0.717, 1.165) is 19.3 Å². The van der Waals surface area contributed by atoms with Gasteiger partial charge in [-0.1, -0.05) is 32.3 Å². The largest absolute Gasteiger partial charge is 0.481 e. The highest BCUT2D eigenvalue weighted by Crippen LogP contribution is 2.36. The first kappa shape index (κ1) is 14.7. The zero-order chi connectivity index (χ0) is 14.5. The van der Waals surface area contributed by atoms with E-state index in [-0.39, 0.29) is 6.79 Å². The second-order valence-corrected chi connectivity index (χ2v) is 4.99. The standard InChI is InChI=1S/C15H20O5/c1-2-3-4-5-11(16)14(15(17)18)10-6-7-12-13(8-10)20-9-19-12/h6-8,11,14,16H,2-5,9H2,1H3,(H,17,18). The molecule has 2 unspecified atom stereocenters. The van der Waals surface area contributed by atoms with Crippen LogP contribution >= 0.6 is 0 Å². The molecule has 1 aliphatic heterocycles. The Morgan fingerprint density at radius 2 is 2.05 bits per heavy atom. The van der Waals surface area contributed by atoms with Crippen LogP contribution in [0.2, 0.25) is 0 Å². The molecule has 0 saturated heterocycles. The lowest BCUT2D eigenvalue weighted by Gasteiger charge is -2.19. The maximum Gasteiger partial charge on any atom is 0.313 e. The topological polar surface area (TPSA) is 76.0 Å². The number of hydrogen-bond acceptors (Lipinski definition) is 4. The number of aliphatic hydroxyl groups excluding tert-OH is 1. The third kappa shape index (κ3) is 3.22. The van der Waals surface area contributed by atoms with Crippen molar-refractivity contribution in [3.8, 4) is 11.5 Å². The molecule has 1 heterocycles. The molecule has 5 nitrogen and oxygen atoms in total. The van der Waals surface area contributed by atoms with Crippen LogP contribution in [0.25, 0.3) is 0 Å². The van der Waals surface area contributed by atoms with Crippen LogP contribution in [0.4, 0.5) is 0 Å². The molecule has 5 heteroatoms. The number of aliphatic carboxylic acids is 1. The SMILES string of the molecule is CCCCCC(O)C(C(=O)O)c1ccc2c(c1)OCO2. The molecular formula is C15H20O5. The van der Waals surface area contributed by atoms with Crippen molar-refractivity contribution in [2.24, 2.45) is 0 Å². The van der Waals surface area contributed by atoms with Crippen LogP contribution in [-0.4, -0.2) is 29.1 Å². The number of hydrogen-bond donors (Lipinski definition) is 2. The first-order chi connectivity index (χ1) is 9.63. The fourth-order valence-corrected chi connectivity index (χ4v) is 2.41. The smallest absolute Gasteiger partial charge is 0.313 e. The fourth-order valence-electron chi connectivity index (χ4n) is 2.41. The molecule has 0 spiro atoms. The predicted octanol–water partition coefficient (Wildman–Crippen LogP) is 2.52. The van der Waals surface area contributed by atoms with Crippen molar-refractivity contribution in [2.75, 3.05) is 6.79 Å². The quantitative estimate of drug-likeness (QED) is 0.751. The van der Waals surface area contributed by atoms with Crippen molar-refractivity contribution in [2.45, 2.75) is 44.6 Å². The number of carboxylic acids is 1. The summed E-state index contributed by atoms with van der Waals surface area (Å²) in [7, 11) is 0. The van der Waals surface area contributed by atoms with E-state index in [1.54, 1.807) is 18.2 Å². The van der Waals surface area contributed by atoms with E-state index in [4.69, 9.17) is 9.47 Å². The summed E-state index contributed by atoms with van der Waals surface area (Å²) in [6.45, 7) is 2.22. The van der Waals surface area contributed by atoms with Crippen LogP contribution < -0.4 is 9.47 Å². The Balaban J connectivity index is 2.13. The van der Waals surface area contributed by atoms with Gasteiger partial charge in [0.25, 0.3) is 0 Å². The van der Waals surface area contributed by atoms with Crippen molar-refractivity contribution >= 4 is 5.97 Å². The van der Waals surface area contributed by atoms with Crippen molar-refractivity contribution in [3.05, 3.63) is 23.8 Å². The van der Waals surface area contributed by atoms with Gasteiger partial charge in [-0.15, -0.1) is 0 Å². The van der Waals surface area contributed by atoms with Gasteiger partial charge in [-0.05, 0) is 24.1 Å². The molecule has 0 aromatic heterocycles. The number of benzene rings is 1. The molecule has 110 valence electrons. The molecule has 0 fully saturated rings. The number of carboxylic acid groups (broad SMARTS) is 1. The Kier molecular flexibility index (Phi) is 4.84. The molecule has 2 atom stereocenters. The third-order valence-electron chi connectivity index (χ3n) is 3.51. The van der Waals surface area contributed by atoms with Gasteiger partial charge < -0.3 is 19.7 Å². The zero-order valence-electron chi connectivity index (χ0n) is 11.5. The summed E-state index contributed by atoms with van der Waals surface area (Å²) in [4.78, 5) is 11.4. The zero-order valence-corrected chi connectivity index (χ0v) is 11.5. The monoisotopic (exact) mass is 280 g/mol. The van der Waals surface area contributed by atoms with Crippen LogP contribution in [0.15, 0.2) is 18.2 Å². The number of rotatable bonds is 7. The highest BCUT2D eigenvalue weighted by molar-refractivity contribution is 5.77. The molecule has 0 amide bonds. The molecular weight excluding hydrogens is 260 g/mol. The van der Waals surface area contributed by atoms with E-state index in [2.05, 4.69) is 6.92 Å². The van der Waals surface area contributed by atoms with Gasteiger partial charge in [-0.25, -0.2) is 0 Å². The molecule has 0 bridgehead atoms. The number of carbonyl (C=O) groups is 1. The predicted molar refractivity (Wildman–Crippen MR) is 73.1 cm³/mol. The summed E-state index contributed by atoms with van der Waals surface area (Å²) >= 11 is 0. The second kappa shape index (κ2) is 6.61. The Bertz CT molecular complexity index is 471. The highest BCUT2D eigenvalue weighted by atomic mass is 16.7. The third-order valence-corrected chi connectivity index (χ3v) is 3.51. The normalized spacial score (nSPS) is 15.9. The Labute approximate surface area is 118 Å². The second-order valence-electron chi connectivity index (χ2n) is 4.99. The number of aliphatic hydroxyl groups is 1. The number of fused-ring (bicyclic) bond motifs is 1. The van der Waals surface area contributed by atoms with Crippen molar-refractivity contribution in [3.63, 3.8) is 0 Å². The van der Waals surface area contributed by atoms with Crippen molar-refractivity contribution < 1.29 is 24.5 Å². The minimum Gasteiger partial charge on any atom is -0.481 e. The maximum atomic E-state index is 11.4. The Hall–Kier alpha value is -1.75. The maximum absolute atomic E-state index is 11.4. The highest BCUT2D eigenvalue weighted by Gasteiger charge is 2.29. The van der Waals surface area contributed by atoms with E-state index in [9.17, 15) is 15.0 Å². The Morgan fingerprint density at radius 1 is 1.30 bits per heavy atom. The average molecular weight is 280 g/mol. The van der Waals surface area contributed by atoms with Crippen LogP contribution in [0.5, 0.6) is 11.5 Å². The number of unbranched alkanes of at least 4 members (excludes halogenated alkanes) is 2. The van der Waals surface area contributed by atoms with Gasteiger partial charge in [0.2, 0.25) is 6.79 Å². The lowest BCUT2D eigenvalue weighted by Crippen LogP contribution is -2.26. The van der Waals surface area contributed by atoms with E-state index < -0.39 is 18.0 Å². The molecule has 0 aliphatic carbocycles. The fraction of sp³-hybridized carbons (Fsp3) is 0.533. The summed E-state index contributed by atoms with van der Waals surface area (Å²) < 4.78 is 10.5. The molecule has 2 N–H and O–H groups in total. The summed E-state index contributed by atoms with van der Waals surface area (Å²) in [5.41, 5.74) is 0.547. The molecule has 20 heavy (non-hydrogen) atoms. The minimum absolute atomic E-state index is 0.148. The number of ether oxygens (including phenoxy) is 2. The lowest BCUT2D eigenvalue weighted by molar-refractivity contribution is -0.141. The Morgan fingerprint density at radius 3 is 2.75 bits per heavy atom. The van der Waals surface area contributed by atoms with Crippen LogP contribution in [0, 0.1) is 0 Å². The minimum atomic E-state index is -1.02. The first-order valence-electron chi connectivity index (χ1n) is 6.94. The molecule has 0 saturated carbocycles. The van der Waals surface area contributed by atoms with Gasteiger partial charge in [0.15, 0.2) is 11.5 Å². The van der Waals surface area contributed by atoms with E-state index in [1.807, 2.05) is 0 Å². The summed E-state index contributed by atoms with van der Waals surface area (Å²) in [6.07, 6.45) is 2.45. The van der Waals surface area contributed by atoms with Crippen LogP contribution in [-0.2, 0) is 4.79 Å². The molecule has 1 aromatic rings.